The Labute approximate surface area is 120 Å². The Kier molecular flexibility index (Phi) is 4.36. The molecule has 1 aromatic rings. The van der Waals surface area contributed by atoms with Crippen molar-refractivity contribution in [3.05, 3.63) is 24.3 Å². The van der Waals surface area contributed by atoms with E-state index in [0.29, 0.717) is 12.2 Å². The van der Waals surface area contributed by atoms with Gasteiger partial charge in [-0.05, 0) is 25.0 Å². The standard InChI is InChI=1S/C14H22N2O3S/c1-16(2)20(18,19)13-8-4-3-7-12(13)15-11-14(17)9-5-6-10-14/h3-4,7-8,15,17H,5-6,9-11H2,1-2H3. The summed E-state index contributed by atoms with van der Waals surface area (Å²) in [5.74, 6) is 0. The van der Waals surface area contributed by atoms with E-state index in [2.05, 4.69) is 5.32 Å². The molecule has 5 nitrogen and oxygen atoms in total. The van der Waals surface area contributed by atoms with Gasteiger partial charge in [0.2, 0.25) is 10.0 Å². The third-order valence-electron chi connectivity index (χ3n) is 3.79. The fraction of sp³-hybridized carbons (Fsp3) is 0.571. The predicted octanol–water partition coefficient (Wildman–Crippen LogP) is 1.65. The average molecular weight is 298 g/mol. The first-order chi connectivity index (χ1) is 9.35. The van der Waals surface area contributed by atoms with E-state index < -0.39 is 15.6 Å². The molecule has 0 aromatic heterocycles. The van der Waals surface area contributed by atoms with Crippen LogP contribution in [0.4, 0.5) is 5.69 Å². The van der Waals surface area contributed by atoms with Gasteiger partial charge in [-0.25, -0.2) is 12.7 Å². The largest absolute Gasteiger partial charge is 0.388 e. The van der Waals surface area contributed by atoms with Crippen molar-refractivity contribution in [2.45, 2.75) is 36.2 Å². The van der Waals surface area contributed by atoms with Crippen LogP contribution >= 0.6 is 0 Å². The Bertz CT molecular complexity index is 564. The molecular weight excluding hydrogens is 276 g/mol. The molecule has 0 atom stereocenters. The zero-order valence-corrected chi connectivity index (χ0v) is 12.8. The number of nitrogens with one attached hydrogen (secondary N) is 1. The Morgan fingerprint density at radius 2 is 1.85 bits per heavy atom. The van der Waals surface area contributed by atoms with Gasteiger partial charge in [0, 0.05) is 20.6 Å². The zero-order chi connectivity index (χ0) is 14.8. The number of rotatable bonds is 5. The van der Waals surface area contributed by atoms with Gasteiger partial charge in [0.15, 0.2) is 0 Å². The van der Waals surface area contributed by atoms with Crippen molar-refractivity contribution in [2.24, 2.45) is 0 Å². The summed E-state index contributed by atoms with van der Waals surface area (Å²) < 4.78 is 25.7. The van der Waals surface area contributed by atoms with E-state index in [4.69, 9.17) is 0 Å². The molecule has 0 amide bonds. The first-order valence-corrected chi connectivity index (χ1v) is 8.27. The molecule has 0 saturated heterocycles. The molecule has 0 unspecified atom stereocenters. The van der Waals surface area contributed by atoms with Gasteiger partial charge >= 0.3 is 0 Å². The fourth-order valence-corrected chi connectivity index (χ4v) is 3.57. The summed E-state index contributed by atoms with van der Waals surface area (Å²) in [6.07, 6.45) is 3.58. The molecule has 1 aliphatic carbocycles. The monoisotopic (exact) mass is 298 g/mol. The fourth-order valence-electron chi connectivity index (χ4n) is 2.50. The summed E-state index contributed by atoms with van der Waals surface area (Å²) >= 11 is 0. The van der Waals surface area contributed by atoms with E-state index in [1.165, 1.54) is 18.4 Å². The third-order valence-corrected chi connectivity index (χ3v) is 5.66. The number of hydrogen-bond acceptors (Lipinski definition) is 4. The summed E-state index contributed by atoms with van der Waals surface area (Å²) in [4.78, 5) is 0.242. The lowest BCUT2D eigenvalue weighted by Gasteiger charge is -2.24. The molecule has 0 spiro atoms. The smallest absolute Gasteiger partial charge is 0.244 e. The SMILES string of the molecule is CN(C)S(=O)(=O)c1ccccc1NCC1(O)CCCC1. The summed E-state index contributed by atoms with van der Waals surface area (Å²) in [6, 6.07) is 6.80. The number of benzene rings is 1. The number of para-hydroxylation sites is 1. The molecule has 1 fully saturated rings. The average Bonchev–Trinajstić information content (AvgIpc) is 2.84. The van der Waals surface area contributed by atoms with E-state index in [9.17, 15) is 13.5 Å². The molecule has 0 heterocycles. The third kappa shape index (κ3) is 3.13. The summed E-state index contributed by atoms with van der Waals surface area (Å²) in [7, 11) is -0.463. The maximum Gasteiger partial charge on any atom is 0.244 e. The molecule has 1 aliphatic rings. The molecule has 1 aromatic carbocycles. The molecule has 2 rings (SSSR count). The first kappa shape index (κ1) is 15.3. The van der Waals surface area contributed by atoms with Gasteiger partial charge in [-0.15, -0.1) is 0 Å². The first-order valence-electron chi connectivity index (χ1n) is 6.83. The topological polar surface area (TPSA) is 69.6 Å². The predicted molar refractivity (Wildman–Crippen MR) is 79.2 cm³/mol. The van der Waals surface area contributed by atoms with Gasteiger partial charge in [-0.1, -0.05) is 25.0 Å². The van der Waals surface area contributed by atoms with E-state index in [1.54, 1.807) is 24.3 Å². The van der Waals surface area contributed by atoms with Crippen LogP contribution < -0.4 is 5.32 Å². The van der Waals surface area contributed by atoms with Gasteiger partial charge in [-0.2, -0.15) is 0 Å². The summed E-state index contributed by atoms with van der Waals surface area (Å²) in [5, 5.41) is 13.4. The minimum Gasteiger partial charge on any atom is -0.388 e. The van der Waals surface area contributed by atoms with Crippen molar-refractivity contribution in [1.29, 1.82) is 0 Å². The van der Waals surface area contributed by atoms with Crippen LogP contribution in [0.15, 0.2) is 29.2 Å². The second kappa shape index (κ2) is 5.71. The minimum atomic E-state index is -3.48. The van der Waals surface area contributed by atoms with Crippen LogP contribution in [-0.2, 0) is 10.0 Å². The maximum absolute atomic E-state index is 12.3. The van der Waals surface area contributed by atoms with E-state index in [-0.39, 0.29) is 4.90 Å². The highest BCUT2D eigenvalue weighted by Gasteiger charge is 2.31. The van der Waals surface area contributed by atoms with Crippen LogP contribution in [0.1, 0.15) is 25.7 Å². The molecular formula is C14H22N2O3S. The van der Waals surface area contributed by atoms with Gasteiger partial charge in [0.1, 0.15) is 4.90 Å². The van der Waals surface area contributed by atoms with E-state index in [1.807, 2.05) is 0 Å². The van der Waals surface area contributed by atoms with Crippen LogP contribution in [0.25, 0.3) is 0 Å². The lowest BCUT2D eigenvalue weighted by Crippen LogP contribution is -2.34. The molecule has 112 valence electrons. The number of aliphatic hydroxyl groups is 1. The van der Waals surface area contributed by atoms with Gasteiger partial charge in [-0.3, -0.25) is 0 Å². The minimum absolute atomic E-state index is 0.242. The highest BCUT2D eigenvalue weighted by Crippen LogP contribution is 2.31. The van der Waals surface area contributed by atoms with E-state index in [0.717, 1.165) is 25.7 Å². The van der Waals surface area contributed by atoms with Crippen LogP contribution in [0.5, 0.6) is 0 Å². The summed E-state index contributed by atoms with van der Waals surface area (Å²) in [5.41, 5.74) is -0.170. The van der Waals surface area contributed by atoms with Gasteiger partial charge < -0.3 is 10.4 Å². The van der Waals surface area contributed by atoms with Crippen molar-refractivity contribution in [3.8, 4) is 0 Å². The highest BCUT2D eigenvalue weighted by atomic mass is 32.2. The van der Waals surface area contributed by atoms with Gasteiger partial charge in [0.05, 0.1) is 11.3 Å². The van der Waals surface area contributed by atoms with Crippen molar-refractivity contribution in [1.82, 2.24) is 4.31 Å². The lowest BCUT2D eigenvalue weighted by molar-refractivity contribution is 0.0614. The molecule has 0 radical (unpaired) electrons. The van der Waals surface area contributed by atoms with Crippen molar-refractivity contribution < 1.29 is 13.5 Å². The van der Waals surface area contributed by atoms with Crippen molar-refractivity contribution in [3.63, 3.8) is 0 Å². The van der Waals surface area contributed by atoms with Crippen LogP contribution in [-0.4, -0.2) is 44.1 Å². The maximum atomic E-state index is 12.3. The summed E-state index contributed by atoms with van der Waals surface area (Å²) in [6.45, 7) is 0.382. The number of sulfonamides is 1. The van der Waals surface area contributed by atoms with Gasteiger partial charge in [0.25, 0.3) is 0 Å². The Hall–Kier alpha value is -1.11. The molecule has 0 aliphatic heterocycles. The molecule has 2 N–H and O–H groups in total. The second-order valence-electron chi connectivity index (χ2n) is 5.57. The normalized spacial score (nSPS) is 18.4. The van der Waals surface area contributed by atoms with Crippen molar-refractivity contribution in [2.75, 3.05) is 26.0 Å². The van der Waals surface area contributed by atoms with Crippen LogP contribution in [0, 0.1) is 0 Å². The Morgan fingerprint density at radius 1 is 1.25 bits per heavy atom. The lowest BCUT2D eigenvalue weighted by atomic mass is 10.0. The quantitative estimate of drug-likeness (QED) is 0.867. The molecule has 20 heavy (non-hydrogen) atoms. The van der Waals surface area contributed by atoms with Crippen molar-refractivity contribution >= 4 is 15.7 Å². The van der Waals surface area contributed by atoms with Crippen LogP contribution in [0.2, 0.25) is 0 Å². The zero-order valence-electron chi connectivity index (χ0n) is 12.0. The second-order valence-corrected chi connectivity index (χ2v) is 7.69. The number of anilines is 1. The highest BCUT2D eigenvalue weighted by molar-refractivity contribution is 7.89. The molecule has 0 bridgehead atoms. The molecule has 6 heteroatoms. The Balaban J connectivity index is 2.21. The number of nitrogens with zero attached hydrogens (tertiary/aromatic N) is 1. The Morgan fingerprint density at radius 3 is 2.45 bits per heavy atom. The van der Waals surface area contributed by atoms with Crippen LogP contribution in [0.3, 0.4) is 0 Å². The van der Waals surface area contributed by atoms with E-state index >= 15 is 0 Å². The number of hydrogen-bond donors (Lipinski definition) is 2. The molecule has 1 saturated carbocycles.